The lowest BCUT2D eigenvalue weighted by molar-refractivity contribution is 0.153. The molecule has 3 N–H and O–H groups in total. The number of furan rings is 1. The van der Waals surface area contributed by atoms with E-state index in [9.17, 15) is 9.90 Å². The van der Waals surface area contributed by atoms with Crippen LogP contribution in [0.25, 0.3) is 0 Å². The first-order valence-corrected chi connectivity index (χ1v) is 7.19. The molecule has 2 amide bonds. The fourth-order valence-electron chi connectivity index (χ4n) is 2.14. The van der Waals surface area contributed by atoms with Crippen LogP contribution in [0.2, 0.25) is 0 Å². The predicted octanol–water partition coefficient (Wildman–Crippen LogP) is 1.98. The molecule has 21 heavy (non-hydrogen) atoms. The molecule has 0 fully saturated rings. The highest BCUT2D eigenvalue weighted by atomic mass is 16.5. The zero-order chi connectivity index (χ0) is 15.8. The lowest BCUT2D eigenvalue weighted by atomic mass is 10.0. The highest BCUT2D eigenvalue weighted by Crippen LogP contribution is 2.16. The molecule has 1 rings (SSSR count). The molecule has 1 aromatic rings. The number of ether oxygens (including phenoxy) is 1. The highest BCUT2D eigenvalue weighted by molar-refractivity contribution is 5.74. The Labute approximate surface area is 125 Å². The molecule has 1 heterocycles. The molecule has 0 aliphatic heterocycles. The number of amides is 2. The third kappa shape index (κ3) is 6.18. The zero-order valence-electron chi connectivity index (χ0n) is 13.2. The van der Waals surface area contributed by atoms with E-state index >= 15 is 0 Å². The van der Waals surface area contributed by atoms with Crippen LogP contribution in [0.1, 0.15) is 37.8 Å². The Kier molecular flexibility index (Phi) is 7.25. The van der Waals surface area contributed by atoms with Crippen LogP contribution < -0.4 is 10.6 Å². The average molecular weight is 298 g/mol. The summed E-state index contributed by atoms with van der Waals surface area (Å²) in [7, 11) is 1.57. The summed E-state index contributed by atoms with van der Waals surface area (Å²) in [5.74, 6) is 1.82. The first-order chi connectivity index (χ1) is 9.96. The monoisotopic (exact) mass is 298 g/mol. The first kappa shape index (κ1) is 17.5. The number of hydrogen-bond acceptors (Lipinski definition) is 4. The number of rotatable bonds is 8. The van der Waals surface area contributed by atoms with Gasteiger partial charge in [-0.1, -0.05) is 13.8 Å². The van der Waals surface area contributed by atoms with Crippen molar-refractivity contribution in [1.29, 1.82) is 0 Å². The molecule has 0 radical (unpaired) electrons. The quantitative estimate of drug-likeness (QED) is 0.685. The van der Waals surface area contributed by atoms with Crippen LogP contribution in [0, 0.1) is 12.8 Å². The summed E-state index contributed by atoms with van der Waals surface area (Å²) in [6.45, 7) is 6.16. The fourth-order valence-corrected chi connectivity index (χ4v) is 2.14. The van der Waals surface area contributed by atoms with E-state index in [0.29, 0.717) is 18.3 Å². The van der Waals surface area contributed by atoms with Crippen molar-refractivity contribution in [3.8, 4) is 0 Å². The first-order valence-electron chi connectivity index (χ1n) is 7.19. The van der Waals surface area contributed by atoms with Crippen LogP contribution in [0.5, 0.6) is 0 Å². The Morgan fingerprint density at radius 3 is 2.57 bits per heavy atom. The molecule has 1 aromatic heterocycles. The number of carbonyl (C=O) groups is 1. The molecule has 0 bridgehead atoms. The number of aryl methyl sites for hydroxylation is 1. The van der Waals surface area contributed by atoms with Crippen LogP contribution in [0.3, 0.4) is 0 Å². The van der Waals surface area contributed by atoms with Gasteiger partial charge in [-0.25, -0.2) is 4.79 Å². The van der Waals surface area contributed by atoms with Crippen molar-refractivity contribution in [2.45, 2.75) is 39.3 Å². The predicted molar refractivity (Wildman–Crippen MR) is 80.1 cm³/mol. The van der Waals surface area contributed by atoms with Crippen molar-refractivity contribution in [1.82, 2.24) is 10.6 Å². The largest absolute Gasteiger partial charge is 0.464 e. The molecule has 0 aliphatic rings. The molecule has 2 unspecified atom stereocenters. The zero-order valence-corrected chi connectivity index (χ0v) is 13.2. The standard InChI is InChI=1S/C15H26N2O4/c1-10(2)7-12(8-18)16-15(19)17-13(9-20-4)14-6-5-11(3)21-14/h5-6,10,12-13,18H,7-9H2,1-4H3,(H2,16,17,19). The Balaban J connectivity index is 2.60. The molecule has 6 heteroatoms. The molecular weight excluding hydrogens is 272 g/mol. The Bertz CT molecular complexity index is 431. The number of hydrogen-bond donors (Lipinski definition) is 3. The van der Waals surface area contributed by atoms with E-state index in [0.717, 1.165) is 12.2 Å². The average Bonchev–Trinajstić information content (AvgIpc) is 2.83. The SMILES string of the molecule is COCC(NC(=O)NC(CO)CC(C)C)c1ccc(C)o1. The topological polar surface area (TPSA) is 83.7 Å². The minimum Gasteiger partial charge on any atom is -0.464 e. The van der Waals surface area contributed by atoms with Gasteiger partial charge >= 0.3 is 6.03 Å². The summed E-state index contributed by atoms with van der Waals surface area (Å²) in [6.07, 6.45) is 0.721. The van der Waals surface area contributed by atoms with Gasteiger partial charge < -0.3 is 24.9 Å². The molecular formula is C15H26N2O4. The third-order valence-electron chi connectivity index (χ3n) is 3.05. The molecule has 0 saturated carbocycles. The van der Waals surface area contributed by atoms with E-state index in [4.69, 9.17) is 9.15 Å². The van der Waals surface area contributed by atoms with E-state index in [1.807, 2.05) is 32.9 Å². The minimum absolute atomic E-state index is 0.0829. The Hall–Kier alpha value is -1.53. The van der Waals surface area contributed by atoms with Gasteiger partial charge in [0, 0.05) is 7.11 Å². The van der Waals surface area contributed by atoms with Crippen LogP contribution in [0.15, 0.2) is 16.5 Å². The van der Waals surface area contributed by atoms with Crippen molar-refractivity contribution >= 4 is 6.03 Å². The van der Waals surface area contributed by atoms with Gasteiger partial charge in [0.15, 0.2) is 0 Å². The van der Waals surface area contributed by atoms with Gasteiger partial charge in [-0.15, -0.1) is 0 Å². The van der Waals surface area contributed by atoms with E-state index in [2.05, 4.69) is 10.6 Å². The van der Waals surface area contributed by atoms with Crippen molar-refractivity contribution in [2.75, 3.05) is 20.3 Å². The minimum atomic E-state index is -0.359. The van der Waals surface area contributed by atoms with E-state index < -0.39 is 0 Å². The number of urea groups is 1. The van der Waals surface area contributed by atoms with Crippen molar-refractivity contribution in [2.24, 2.45) is 5.92 Å². The molecule has 0 saturated heterocycles. The van der Waals surface area contributed by atoms with Crippen LogP contribution in [0.4, 0.5) is 4.79 Å². The second kappa shape index (κ2) is 8.69. The maximum atomic E-state index is 12.0. The van der Waals surface area contributed by atoms with Crippen LogP contribution in [-0.4, -0.2) is 37.5 Å². The van der Waals surface area contributed by atoms with Gasteiger partial charge in [-0.05, 0) is 31.4 Å². The third-order valence-corrected chi connectivity index (χ3v) is 3.05. The number of aliphatic hydroxyl groups excluding tert-OH is 1. The van der Waals surface area contributed by atoms with Crippen molar-refractivity contribution in [3.63, 3.8) is 0 Å². The summed E-state index contributed by atoms with van der Waals surface area (Å²) in [4.78, 5) is 12.0. The normalized spacial score (nSPS) is 14.0. The van der Waals surface area contributed by atoms with Gasteiger partial charge in [-0.3, -0.25) is 0 Å². The lowest BCUT2D eigenvalue weighted by Crippen LogP contribution is -2.46. The van der Waals surface area contributed by atoms with Gasteiger partial charge in [0.05, 0.1) is 19.3 Å². The molecule has 0 aliphatic carbocycles. The van der Waals surface area contributed by atoms with E-state index in [1.54, 1.807) is 7.11 Å². The molecule has 0 aromatic carbocycles. The van der Waals surface area contributed by atoms with E-state index in [-0.39, 0.29) is 24.7 Å². The molecule has 2 atom stereocenters. The highest BCUT2D eigenvalue weighted by Gasteiger charge is 2.20. The Morgan fingerprint density at radius 2 is 2.10 bits per heavy atom. The lowest BCUT2D eigenvalue weighted by Gasteiger charge is -2.21. The van der Waals surface area contributed by atoms with Crippen LogP contribution in [-0.2, 0) is 4.74 Å². The number of carbonyl (C=O) groups excluding carboxylic acids is 1. The van der Waals surface area contributed by atoms with Crippen LogP contribution >= 0.6 is 0 Å². The van der Waals surface area contributed by atoms with Gasteiger partial charge in [0.25, 0.3) is 0 Å². The number of nitrogens with one attached hydrogen (secondary N) is 2. The summed E-state index contributed by atoms with van der Waals surface area (Å²) < 4.78 is 10.6. The molecule has 0 spiro atoms. The summed E-state index contributed by atoms with van der Waals surface area (Å²) in [6, 6.07) is 2.70. The summed E-state index contributed by atoms with van der Waals surface area (Å²) >= 11 is 0. The fraction of sp³-hybridized carbons (Fsp3) is 0.667. The summed E-state index contributed by atoms with van der Waals surface area (Å²) in [5.41, 5.74) is 0. The number of aliphatic hydroxyl groups is 1. The maximum absolute atomic E-state index is 12.0. The van der Waals surface area contributed by atoms with Gasteiger partial charge in [-0.2, -0.15) is 0 Å². The Morgan fingerprint density at radius 1 is 1.38 bits per heavy atom. The molecule has 120 valence electrons. The molecule has 6 nitrogen and oxygen atoms in total. The summed E-state index contributed by atoms with van der Waals surface area (Å²) in [5, 5.41) is 14.9. The van der Waals surface area contributed by atoms with E-state index in [1.165, 1.54) is 0 Å². The maximum Gasteiger partial charge on any atom is 0.315 e. The van der Waals surface area contributed by atoms with Gasteiger partial charge in [0.2, 0.25) is 0 Å². The second-order valence-corrected chi connectivity index (χ2v) is 5.58. The second-order valence-electron chi connectivity index (χ2n) is 5.58. The van der Waals surface area contributed by atoms with Gasteiger partial charge in [0.1, 0.15) is 17.6 Å². The number of methoxy groups -OCH3 is 1. The van der Waals surface area contributed by atoms with Crippen molar-refractivity contribution < 1.29 is 19.1 Å². The van der Waals surface area contributed by atoms with Crippen molar-refractivity contribution in [3.05, 3.63) is 23.7 Å². The smallest absolute Gasteiger partial charge is 0.315 e.